The predicted octanol–water partition coefficient (Wildman–Crippen LogP) is 1.63. The van der Waals surface area contributed by atoms with Crippen LogP contribution in [-0.4, -0.2) is 59.6 Å². The zero-order valence-corrected chi connectivity index (χ0v) is 16.0. The summed E-state index contributed by atoms with van der Waals surface area (Å²) >= 11 is 0. The highest BCUT2D eigenvalue weighted by atomic mass is 35.5. The number of methoxy groups -OCH3 is 4. The number of carbonyl (C=O) groups is 1. The summed E-state index contributed by atoms with van der Waals surface area (Å²) in [6, 6.07) is 3.27. The normalized spacial score (nSPS) is 19.0. The molecule has 0 aromatic heterocycles. The molecule has 2 N–H and O–H groups in total. The lowest BCUT2D eigenvalue weighted by Gasteiger charge is -2.29. The second-order valence-corrected chi connectivity index (χ2v) is 5.83. The molecule has 1 heterocycles. The Labute approximate surface area is 154 Å². The van der Waals surface area contributed by atoms with Crippen LogP contribution < -0.4 is 24.8 Å². The maximum atomic E-state index is 12.6. The molecule has 1 saturated heterocycles. The van der Waals surface area contributed by atoms with E-state index in [0.717, 1.165) is 19.4 Å². The number of carbonyl (C=O) groups excluding carboxylic acids is 1. The predicted molar refractivity (Wildman–Crippen MR) is 97.5 cm³/mol. The summed E-state index contributed by atoms with van der Waals surface area (Å²) in [5, 5.41) is 6.40. The Morgan fingerprint density at radius 2 is 1.76 bits per heavy atom. The van der Waals surface area contributed by atoms with Gasteiger partial charge in [0.05, 0.1) is 39.0 Å². The van der Waals surface area contributed by atoms with Crippen LogP contribution in [0.4, 0.5) is 0 Å². The molecule has 1 aliphatic heterocycles. The highest BCUT2D eigenvalue weighted by molar-refractivity contribution is 5.97. The van der Waals surface area contributed by atoms with Gasteiger partial charge in [-0.25, -0.2) is 0 Å². The molecule has 1 aromatic rings. The van der Waals surface area contributed by atoms with Crippen molar-refractivity contribution in [2.45, 2.75) is 18.4 Å². The SMILES string of the molecule is COCC1(CNC(=O)c2cc(OC)c(OC)cc2OC)CCCN1.Cl. The number of benzene rings is 1. The van der Waals surface area contributed by atoms with E-state index >= 15 is 0 Å². The van der Waals surface area contributed by atoms with Gasteiger partial charge in [0.25, 0.3) is 5.91 Å². The monoisotopic (exact) mass is 374 g/mol. The minimum atomic E-state index is -0.225. The first-order valence-corrected chi connectivity index (χ1v) is 7.91. The highest BCUT2D eigenvalue weighted by Gasteiger charge is 2.34. The van der Waals surface area contributed by atoms with Crippen molar-refractivity contribution in [1.29, 1.82) is 0 Å². The maximum Gasteiger partial charge on any atom is 0.255 e. The lowest BCUT2D eigenvalue weighted by Crippen LogP contribution is -2.53. The first-order valence-electron chi connectivity index (χ1n) is 7.91. The number of rotatable bonds is 8. The van der Waals surface area contributed by atoms with Gasteiger partial charge in [-0.1, -0.05) is 0 Å². The van der Waals surface area contributed by atoms with Crippen molar-refractivity contribution in [3.05, 3.63) is 17.7 Å². The lowest BCUT2D eigenvalue weighted by atomic mass is 9.98. The largest absolute Gasteiger partial charge is 0.496 e. The summed E-state index contributed by atoms with van der Waals surface area (Å²) in [6.07, 6.45) is 2.03. The summed E-state index contributed by atoms with van der Waals surface area (Å²) in [7, 11) is 6.25. The fourth-order valence-corrected chi connectivity index (χ4v) is 3.02. The molecule has 25 heavy (non-hydrogen) atoms. The third-order valence-electron chi connectivity index (χ3n) is 4.29. The molecule has 8 heteroatoms. The highest BCUT2D eigenvalue weighted by Crippen LogP contribution is 2.34. The lowest BCUT2D eigenvalue weighted by molar-refractivity contribution is 0.0889. The molecule has 1 aliphatic rings. The Balaban J connectivity index is 0.00000312. The van der Waals surface area contributed by atoms with Crippen molar-refractivity contribution in [2.24, 2.45) is 0 Å². The van der Waals surface area contributed by atoms with Crippen LogP contribution in [0.25, 0.3) is 0 Å². The van der Waals surface area contributed by atoms with Crippen LogP contribution in [0, 0.1) is 0 Å². The molecule has 1 fully saturated rings. The topological polar surface area (TPSA) is 78.1 Å². The van der Waals surface area contributed by atoms with Crippen LogP contribution in [0.3, 0.4) is 0 Å². The number of amides is 1. The van der Waals surface area contributed by atoms with E-state index in [-0.39, 0.29) is 23.9 Å². The van der Waals surface area contributed by atoms with Crippen LogP contribution in [0.2, 0.25) is 0 Å². The molecule has 1 aromatic carbocycles. The Hall–Kier alpha value is -1.70. The Kier molecular flexibility index (Phi) is 8.28. The van der Waals surface area contributed by atoms with E-state index in [1.54, 1.807) is 19.2 Å². The molecule has 2 rings (SSSR count). The first-order chi connectivity index (χ1) is 11.6. The van der Waals surface area contributed by atoms with Crippen LogP contribution in [0.1, 0.15) is 23.2 Å². The number of nitrogens with one attached hydrogen (secondary N) is 2. The van der Waals surface area contributed by atoms with Gasteiger partial charge in [0.15, 0.2) is 11.5 Å². The van der Waals surface area contributed by atoms with Crippen molar-refractivity contribution in [3.63, 3.8) is 0 Å². The third-order valence-corrected chi connectivity index (χ3v) is 4.29. The number of ether oxygens (including phenoxy) is 4. The molecule has 0 aliphatic carbocycles. The van der Waals surface area contributed by atoms with Crippen molar-refractivity contribution in [1.82, 2.24) is 10.6 Å². The van der Waals surface area contributed by atoms with Crippen LogP contribution >= 0.6 is 12.4 Å². The minimum Gasteiger partial charge on any atom is -0.496 e. The Morgan fingerprint density at radius 3 is 2.28 bits per heavy atom. The molecule has 0 saturated carbocycles. The molecule has 0 bridgehead atoms. The Morgan fingerprint density at radius 1 is 1.12 bits per heavy atom. The molecular formula is C17H27ClN2O5. The fourth-order valence-electron chi connectivity index (χ4n) is 3.02. The average molecular weight is 375 g/mol. The van der Waals surface area contributed by atoms with Crippen LogP contribution in [-0.2, 0) is 4.74 Å². The van der Waals surface area contributed by atoms with Gasteiger partial charge >= 0.3 is 0 Å². The maximum absolute atomic E-state index is 12.6. The van der Waals surface area contributed by atoms with Crippen LogP contribution in [0.15, 0.2) is 12.1 Å². The van der Waals surface area contributed by atoms with E-state index < -0.39 is 0 Å². The first kappa shape index (κ1) is 21.3. The van der Waals surface area contributed by atoms with Gasteiger partial charge in [0, 0.05) is 25.8 Å². The zero-order chi connectivity index (χ0) is 17.6. The third kappa shape index (κ3) is 4.90. The number of halogens is 1. The van der Waals surface area contributed by atoms with E-state index in [1.165, 1.54) is 21.3 Å². The van der Waals surface area contributed by atoms with Crippen LogP contribution in [0.5, 0.6) is 17.2 Å². The number of hydrogen-bond donors (Lipinski definition) is 2. The summed E-state index contributed by atoms with van der Waals surface area (Å²) in [5.74, 6) is 1.20. The second-order valence-electron chi connectivity index (χ2n) is 5.83. The molecule has 7 nitrogen and oxygen atoms in total. The van der Waals surface area contributed by atoms with Gasteiger partial charge in [0.2, 0.25) is 0 Å². The summed E-state index contributed by atoms with van der Waals surface area (Å²) in [4.78, 5) is 12.6. The summed E-state index contributed by atoms with van der Waals surface area (Å²) in [6.45, 7) is 1.96. The van der Waals surface area contributed by atoms with E-state index in [2.05, 4.69) is 10.6 Å². The second kappa shape index (κ2) is 9.70. The molecule has 0 spiro atoms. The summed E-state index contributed by atoms with van der Waals surface area (Å²) < 4.78 is 21.1. The molecule has 1 unspecified atom stereocenters. The molecular weight excluding hydrogens is 348 g/mol. The fraction of sp³-hybridized carbons (Fsp3) is 0.588. The van der Waals surface area contributed by atoms with Crippen molar-refractivity contribution >= 4 is 18.3 Å². The van der Waals surface area contributed by atoms with E-state index in [9.17, 15) is 4.79 Å². The smallest absolute Gasteiger partial charge is 0.255 e. The molecule has 142 valence electrons. The molecule has 0 radical (unpaired) electrons. The number of hydrogen-bond acceptors (Lipinski definition) is 6. The summed E-state index contributed by atoms with van der Waals surface area (Å²) in [5.41, 5.74) is 0.189. The van der Waals surface area contributed by atoms with Crippen molar-refractivity contribution in [2.75, 3.05) is 48.1 Å². The average Bonchev–Trinajstić information content (AvgIpc) is 3.07. The standard InChI is InChI=1S/C17H26N2O5.ClH/c1-21-11-17(6-5-7-19-17)10-18-16(20)12-8-14(23-3)15(24-4)9-13(12)22-2;/h8-9,19H,5-7,10-11H2,1-4H3,(H,18,20);1H. The Bertz CT molecular complexity index is 576. The zero-order valence-electron chi connectivity index (χ0n) is 15.1. The van der Waals surface area contributed by atoms with Gasteiger partial charge in [0.1, 0.15) is 5.75 Å². The van der Waals surface area contributed by atoms with Gasteiger partial charge in [-0.15, -0.1) is 12.4 Å². The van der Waals surface area contributed by atoms with Gasteiger partial charge in [-0.3, -0.25) is 4.79 Å². The minimum absolute atomic E-state index is 0. The quantitative estimate of drug-likeness (QED) is 0.720. The molecule has 1 atom stereocenters. The molecule has 1 amide bonds. The van der Waals surface area contributed by atoms with Gasteiger partial charge in [-0.2, -0.15) is 0 Å². The van der Waals surface area contributed by atoms with Gasteiger partial charge < -0.3 is 29.6 Å². The van der Waals surface area contributed by atoms with E-state index in [0.29, 0.717) is 36.0 Å². The van der Waals surface area contributed by atoms with E-state index in [1.807, 2.05) is 0 Å². The van der Waals surface area contributed by atoms with E-state index in [4.69, 9.17) is 18.9 Å². The van der Waals surface area contributed by atoms with Crippen molar-refractivity contribution in [3.8, 4) is 17.2 Å². The van der Waals surface area contributed by atoms with Gasteiger partial charge in [-0.05, 0) is 19.4 Å². The van der Waals surface area contributed by atoms with Crippen molar-refractivity contribution < 1.29 is 23.7 Å².